The van der Waals surface area contributed by atoms with Crippen LogP contribution < -0.4 is 20.7 Å². The van der Waals surface area contributed by atoms with E-state index in [4.69, 9.17) is 17.0 Å². The number of amides is 1. The number of ether oxygens (including phenoxy) is 1. The lowest BCUT2D eigenvalue weighted by atomic mass is 10.1. The summed E-state index contributed by atoms with van der Waals surface area (Å²) < 4.78 is 84.0. The van der Waals surface area contributed by atoms with Crippen LogP contribution in [-0.2, 0) is 21.9 Å². The Morgan fingerprint density at radius 1 is 1.18 bits per heavy atom. The Hall–Kier alpha value is -3.47. The number of nitrogens with one attached hydrogen (secondary N) is 2. The fourth-order valence-electron chi connectivity index (χ4n) is 4.38. The maximum Gasteiger partial charge on any atom is 0.423 e. The number of rotatable bonds is 7. The normalized spacial score (nSPS) is 17.7. The van der Waals surface area contributed by atoms with Crippen LogP contribution in [0.3, 0.4) is 0 Å². The first kappa shape index (κ1) is 28.5. The van der Waals surface area contributed by atoms with Crippen LogP contribution in [0.4, 0.5) is 43.5 Å². The molecule has 2 aromatic rings. The number of likely N-dealkylation sites (N-methyl/N-ethyl adjacent to an activating group) is 1. The zero-order chi connectivity index (χ0) is 28.5. The molecule has 0 saturated carbocycles. The number of hydrogen-bond acceptors (Lipinski definition) is 8. The number of thiocarbonyl (C=S) groups is 1. The molecular formula is C22H23F6N7O3S. The second kappa shape index (κ2) is 11.0. The maximum absolute atomic E-state index is 13.2. The lowest BCUT2D eigenvalue weighted by Gasteiger charge is -2.48. The summed E-state index contributed by atoms with van der Waals surface area (Å²) in [5.41, 5.74) is -3.88. The van der Waals surface area contributed by atoms with Crippen molar-refractivity contribution in [3.8, 4) is 0 Å². The van der Waals surface area contributed by atoms with E-state index in [1.165, 1.54) is 4.90 Å². The number of aromatic nitrogens is 3. The van der Waals surface area contributed by atoms with Crippen LogP contribution in [0.25, 0.3) is 0 Å². The van der Waals surface area contributed by atoms with Crippen molar-refractivity contribution in [2.45, 2.75) is 24.8 Å². The van der Waals surface area contributed by atoms with Gasteiger partial charge in [-0.15, -0.1) is 0 Å². The summed E-state index contributed by atoms with van der Waals surface area (Å²) in [5, 5.41) is 7.55. The number of aromatic amines is 1. The number of carbonyl (C=O) groups is 1. The van der Waals surface area contributed by atoms with E-state index < -0.39 is 40.8 Å². The van der Waals surface area contributed by atoms with Gasteiger partial charge >= 0.3 is 12.4 Å². The highest BCUT2D eigenvalue weighted by Gasteiger charge is 2.41. The summed E-state index contributed by atoms with van der Waals surface area (Å²) in [7, 11) is 1.56. The first-order chi connectivity index (χ1) is 18.3. The summed E-state index contributed by atoms with van der Waals surface area (Å²) in [6.45, 7) is 0.715. The number of piperazine rings is 1. The van der Waals surface area contributed by atoms with Crippen LogP contribution in [-0.4, -0.2) is 83.5 Å². The molecule has 1 amide bonds. The van der Waals surface area contributed by atoms with Gasteiger partial charge in [0, 0.05) is 39.4 Å². The first-order valence-electron chi connectivity index (χ1n) is 11.6. The van der Waals surface area contributed by atoms with E-state index in [-0.39, 0.29) is 44.3 Å². The minimum Gasteiger partial charge on any atom is -0.381 e. The lowest BCUT2D eigenvalue weighted by molar-refractivity contribution is -0.138. The zero-order valence-electron chi connectivity index (χ0n) is 20.4. The van der Waals surface area contributed by atoms with Crippen molar-refractivity contribution >= 4 is 40.3 Å². The molecule has 0 bridgehead atoms. The van der Waals surface area contributed by atoms with E-state index in [9.17, 15) is 35.9 Å². The molecule has 2 aliphatic heterocycles. The van der Waals surface area contributed by atoms with Gasteiger partial charge in [0.1, 0.15) is 10.6 Å². The van der Waals surface area contributed by atoms with Crippen LogP contribution in [0, 0.1) is 0 Å². The monoisotopic (exact) mass is 579 g/mol. The Balaban J connectivity index is 1.28. The summed E-state index contributed by atoms with van der Waals surface area (Å²) >= 11 is 5.50. The molecule has 2 N–H and O–H groups in total. The maximum atomic E-state index is 13.2. The summed E-state index contributed by atoms with van der Waals surface area (Å²) in [6.07, 6.45) is -7.79. The van der Waals surface area contributed by atoms with E-state index in [1.807, 2.05) is 0 Å². The van der Waals surface area contributed by atoms with E-state index in [1.54, 1.807) is 21.9 Å². The van der Waals surface area contributed by atoms with Crippen LogP contribution in [0.2, 0.25) is 0 Å². The Labute approximate surface area is 222 Å². The Morgan fingerprint density at radius 3 is 2.62 bits per heavy atom. The second-order valence-corrected chi connectivity index (χ2v) is 9.20. The molecule has 0 aliphatic carbocycles. The molecule has 2 aromatic heterocycles. The van der Waals surface area contributed by atoms with Crippen LogP contribution in [0.15, 0.2) is 23.3 Å². The van der Waals surface area contributed by atoms with Gasteiger partial charge in [0.2, 0.25) is 5.91 Å². The van der Waals surface area contributed by atoms with Crippen LogP contribution in [0.5, 0.6) is 0 Å². The minimum atomic E-state index is -4.87. The number of fused-ring (bicyclic) bond motifs is 3. The van der Waals surface area contributed by atoms with Crippen molar-refractivity contribution in [3.63, 3.8) is 0 Å². The van der Waals surface area contributed by atoms with Crippen molar-refractivity contribution in [3.05, 3.63) is 39.9 Å². The summed E-state index contributed by atoms with van der Waals surface area (Å²) in [5.74, 6) is 0.119. The molecule has 212 valence electrons. The van der Waals surface area contributed by atoms with Gasteiger partial charge in [-0.05, 0) is 6.07 Å². The van der Waals surface area contributed by atoms with Gasteiger partial charge in [0.05, 0.1) is 48.8 Å². The molecule has 0 radical (unpaired) electrons. The number of H-pyrrole nitrogens is 1. The van der Waals surface area contributed by atoms with Crippen LogP contribution >= 0.6 is 12.2 Å². The molecule has 1 unspecified atom stereocenters. The highest BCUT2D eigenvalue weighted by molar-refractivity contribution is 7.80. The molecule has 0 aromatic carbocycles. The Bertz CT molecular complexity index is 1300. The molecule has 10 nitrogen and oxygen atoms in total. The summed E-state index contributed by atoms with van der Waals surface area (Å²) in [6, 6.07) is 0.556. The first-order valence-corrected chi connectivity index (χ1v) is 12.1. The van der Waals surface area contributed by atoms with Gasteiger partial charge in [-0.1, -0.05) is 12.2 Å². The summed E-state index contributed by atoms with van der Waals surface area (Å²) in [4.78, 5) is 33.5. The molecule has 4 heterocycles. The van der Waals surface area contributed by atoms with E-state index in [0.717, 1.165) is 18.5 Å². The molecule has 39 heavy (non-hydrogen) atoms. The van der Waals surface area contributed by atoms with Gasteiger partial charge in [0.25, 0.3) is 5.56 Å². The van der Waals surface area contributed by atoms with Gasteiger partial charge in [-0.25, -0.2) is 10.1 Å². The van der Waals surface area contributed by atoms with Crippen LogP contribution in [0.1, 0.15) is 17.5 Å². The van der Waals surface area contributed by atoms with E-state index in [2.05, 4.69) is 15.4 Å². The smallest absolute Gasteiger partial charge is 0.381 e. The standard InChI is InChI=1S/C22H23F6N7O3S/c1-33-14-8-12(21(23,24)25)9-30-18(14)35-5-4-34(11-15(35)20(33)39)16(36)2-6-38-7-3-29-13-10-31-32-19(37)17(13)22(26,27)28/h8-10,15H,2-7,11H2,1H3,(H2,29,32,37). The van der Waals surface area contributed by atoms with Crippen molar-refractivity contribution in [1.82, 2.24) is 20.1 Å². The Kier molecular flexibility index (Phi) is 8.02. The molecule has 1 saturated heterocycles. The van der Waals surface area contributed by atoms with Gasteiger partial charge in [-0.3, -0.25) is 9.59 Å². The van der Waals surface area contributed by atoms with E-state index in [0.29, 0.717) is 23.9 Å². The van der Waals surface area contributed by atoms with Crippen molar-refractivity contribution < 1.29 is 35.9 Å². The van der Waals surface area contributed by atoms with Gasteiger partial charge in [0.15, 0.2) is 5.82 Å². The lowest BCUT2D eigenvalue weighted by Crippen LogP contribution is -2.62. The highest BCUT2D eigenvalue weighted by Crippen LogP contribution is 2.39. The molecular weight excluding hydrogens is 556 g/mol. The molecule has 2 aliphatic rings. The third-order valence-electron chi connectivity index (χ3n) is 6.32. The van der Waals surface area contributed by atoms with Gasteiger partial charge in [-0.2, -0.15) is 31.4 Å². The number of halogens is 6. The number of nitrogens with zero attached hydrogens (tertiary/aromatic N) is 5. The average Bonchev–Trinajstić information content (AvgIpc) is 2.87. The largest absolute Gasteiger partial charge is 0.423 e. The number of hydrogen-bond donors (Lipinski definition) is 2. The fraction of sp³-hybridized carbons (Fsp3) is 0.500. The van der Waals surface area contributed by atoms with Gasteiger partial charge < -0.3 is 24.8 Å². The Morgan fingerprint density at radius 2 is 1.92 bits per heavy atom. The molecule has 17 heteroatoms. The number of pyridine rings is 1. The number of anilines is 3. The second-order valence-electron chi connectivity index (χ2n) is 8.79. The predicted molar refractivity (Wildman–Crippen MR) is 132 cm³/mol. The topological polar surface area (TPSA) is 107 Å². The third-order valence-corrected chi connectivity index (χ3v) is 6.86. The fourth-order valence-corrected chi connectivity index (χ4v) is 4.68. The number of carbonyl (C=O) groups excluding carboxylic acids is 1. The SMILES string of the molecule is CN1C(=S)C2CN(C(=O)CCOCCNc3cn[nH]c(=O)c3C(F)(F)F)CCN2c2ncc(C(F)(F)F)cc21. The van der Waals surface area contributed by atoms with Crippen molar-refractivity contribution in [1.29, 1.82) is 0 Å². The van der Waals surface area contributed by atoms with Crippen molar-refractivity contribution in [2.24, 2.45) is 0 Å². The third kappa shape index (κ3) is 6.08. The van der Waals surface area contributed by atoms with Crippen molar-refractivity contribution in [2.75, 3.05) is 61.6 Å². The predicted octanol–water partition coefficient (Wildman–Crippen LogP) is 2.52. The molecule has 1 fully saturated rings. The highest BCUT2D eigenvalue weighted by atomic mass is 32.1. The molecule has 4 rings (SSSR count). The zero-order valence-corrected chi connectivity index (χ0v) is 21.2. The van der Waals surface area contributed by atoms with E-state index >= 15 is 0 Å². The number of alkyl halides is 6. The molecule has 0 spiro atoms. The quantitative estimate of drug-likeness (QED) is 0.291. The molecule has 1 atom stereocenters. The average molecular weight is 580 g/mol. The minimum absolute atomic E-state index is 0.000102.